The standard InChI is InChI=1S/C16H24N6O3/c1-20-10-19-14-13(20)15(24)22(16(25)21(14)2)9-12(23)18-7-5-11-4-3-6-17-8-11/h10-11,17H,3-9H2,1-2H3,(H,18,23). The minimum Gasteiger partial charge on any atom is -0.355 e. The maximum atomic E-state index is 12.5. The first kappa shape index (κ1) is 17.4. The van der Waals surface area contributed by atoms with Crippen molar-refractivity contribution < 1.29 is 4.79 Å². The number of hydrogen-bond donors (Lipinski definition) is 2. The van der Waals surface area contributed by atoms with E-state index in [1.54, 1.807) is 18.7 Å². The largest absolute Gasteiger partial charge is 0.355 e. The summed E-state index contributed by atoms with van der Waals surface area (Å²) in [5.74, 6) is 0.236. The molecule has 1 amide bonds. The Morgan fingerprint density at radius 2 is 2.20 bits per heavy atom. The number of nitrogens with zero attached hydrogens (tertiary/aromatic N) is 4. The Morgan fingerprint density at radius 3 is 2.92 bits per heavy atom. The van der Waals surface area contributed by atoms with Gasteiger partial charge in [0.15, 0.2) is 11.2 Å². The SMILES string of the molecule is Cn1cnc2c1c(=O)n(CC(=O)NCCC1CCCNC1)c(=O)n2C. The lowest BCUT2D eigenvalue weighted by Gasteiger charge is -2.22. The highest BCUT2D eigenvalue weighted by Crippen LogP contribution is 2.12. The molecule has 1 aliphatic heterocycles. The van der Waals surface area contributed by atoms with Gasteiger partial charge in [0, 0.05) is 20.6 Å². The van der Waals surface area contributed by atoms with Gasteiger partial charge in [-0.3, -0.25) is 14.2 Å². The fourth-order valence-corrected chi connectivity index (χ4v) is 3.32. The number of carbonyl (C=O) groups excluding carboxylic acids is 1. The second kappa shape index (κ2) is 7.22. The van der Waals surface area contributed by atoms with E-state index in [-0.39, 0.29) is 12.5 Å². The molecule has 9 heteroatoms. The van der Waals surface area contributed by atoms with Gasteiger partial charge in [0.1, 0.15) is 6.54 Å². The predicted molar refractivity (Wildman–Crippen MR) is 93.4 cm³/mol. The van der Waals surface area contributed by atoms with Crippen molar-refractivity contribution in [3.8, 4) is 0 Å². The Hall–Kier alpha value is -2.42. The number of fused-ring (bicyclic) bond motifs is 1. The minimum absolute atomic E-state index is 0.282. The van der Waals surface area contributed by atoms with E-state index < -0.39 is 11.2 Å². The van der Waals surface area contributed by atoms with Crippen LogP contribution in [0.1, 0.15) is 19.3 Å². The maximum Gasteiger partial charge on any atom is 0.332 e. The van der Waals surface area contributed by atoms with Gasteiger partial charge >= 0.3 is 5.69 Å². The van der Waals surface area contributed by atoms with Gasteiger partial charge in [-0.2, -0.15) is 0 Å². The minimum atomic E-state index is -0.539. The molecule has 0 saturated carbocycles. The van der Waals surface area contributed by atoms with E-state index in [2.05, 4.69) is 15.6 Å². The molecule has 1 atom stereocenters. The lowest BCUT2D eigenvalue weighted by Crippen LogP contribution is -2.44. The monoisotopic (exact) mass is 348 g/mol. The zero-order valence-corrected chi connectivity index (χ0v) is 14.6. The third-order valence-corrected chi connectivity index (χ3v) is 4.78. The number of rotatable bonds is 5. The molecular weight excluding hydrogens is 324 g/mol. The summed E-state index contributed by atoms with van der Waals surface area (Å²) in [7, 11) is 3.23. The summed E-state index contributed by atoms with van der Waals surface area (Å²) in [6, 6.07) is 0. The summed E-state index contributed by atoms with van der Waals surface area (Å²) >= 11 is 0. The molecule has 1 aliphatic rings. The molecule has 1 fully saturated rings. The number of aryl methyl sites for hydroxylation is 2. The van der Waals surface area contributed by atoms with E-state index >= 15 is 0 Å². The molecule has 3 heterocycles. The maximum absolute atomic E-state index is 12.5. The van der Waals surface area contributed by atoms with Crippen molar-refractivity contribution >= 4 is 17.1 Å². The van der Waals surface area contributed by atoms with Crippen molar-refractivity contribution in [2.45, 2.75) is 25.8 Å². The first-order chi connectivity index (χ1) is 12.0. The Kier molecular flexibility index (Phi) is 5.03. The summed E-state index contributed by atoms with van der Waals surface area (Å²) in [6.07, 6.45) is 4.70. The fraction of sp³-hybridized carbons (Fsp3) is 0.625. The molecular formula is C16H24N6O3. The molecule has 0 bridgehead atoms. The number of amides is 1. The van der Waals surface area contributed by atoms with Crippen molar-refractivity contribution in [3.63, 3.8) is 0 Å². The van der Waals surface area contributed by atoms with Crippen molar-refractivity contribution in [3.05, 3.63) is 27.2 Å². The van der Waals surface area contributed by atoms with E-state index in [1.807, 2.05) is 0 Å². The molecule has 3 rings (SSSR count). The Labute approximate surface area is 144 Å². The summed E-state index contributed by atoms with van der Waals surface area (Å²) in [5.41, 5.74) is -0.408. The smallest absolute Gasteiger partial charge is 0.332 e. The molecule has 2 N–H and O–H groups in total. The number of piperidine rings is 1. The molecule has 25 heavy (non-hydrogen) atoms. The third kappa shape index (κ3) is 3.51. The summed E-state index contributed by atoms with van der Waals surface area (Å²) in [4.78, 5) is 41.1. The Bertz CT molecular complexity index is 888. The molecule has 1 unspecified atom stereocenters. The number of nitrogens with one attached hydrogen (secondary N) is 2. The lowest BCUT2D eigenvalue weighted by molar-refractivity contribution is -0.121. The van der Waals surface area contributed by atoms with Crippen LogP contribution in [-0.4, -0.2) is 44.2 Å². The second-order valence-corrected chi connectivity index (χ2v) is 6.61. The molecule has 136 valence electrons. The Morgan fingerprint density at radius 1 is 1.40 bits per heavy atom. The van der Waals surface area contributed by atoms with Gasteiger partial charge in [0.05, 0.1) is 6.33 Å². The fourth-order valence-electron chi connectivity index (χ4n) is 3.32. The molecule has 0 aromatic carbocycles. The van der Waals surface area contributed by atoms with Crippen LogP contribution < -0.4 is 21.9 Å². The first-order valence-corrected chi connectivity index (χ1v) is 8.57. The first-order valence-electron chi connectivity index (χ1n) is 8.57. The van der Waals surface area contributed by atoms with E-state index in [9.17, 15) is 14.4 Å². The quantitative estimate of drug-likeness (QED) is 0.717. The van der Waals surface area contributed by atoms with Crippen LogP contribution in [0.3, 0.4) is 0 Å². The van der Waals surface area contributed by atoms with E-state index in [4.69, 9.17) is 0 Å². The topological polar surface area (TPSA) is 103 Å². The van der Waals surface area contributed by atoms with Gasteiger partial charge in [-0.25, -0.2) is 14.3 Å². The van der Waals surface area contributed by atoms with Gasteiger partial charge in [-0.1, -0.05) is 0 Å². The summed E-state index contributed by atoms with van der Waals surface area (Å²) in [6.45, 7) is 2.31. The van der Waals surface area contributed by atoms with Crippen LogP contribution in [0.25, 0.3) is 11.2 Å². The molecule has 0 radical (unpaired) electrons. The highest BCUT2D eigenvalue weighted by molar-refractivity contribution is 5.76. The number of hydrogen-bond acceptors (Lipinski definition) is 5. The van der Waals surface area contributed by atoms with Crippen LogP contribution in [0.4, 0.5) is 0 Å². The van der Waals surface area contributed by atoms with Crippen LogP contribution >= 0.6 is 0 Å². The van der Waals surface area contributed by atoms with Crippen LogP contribution in [0.2, 0.25) is 0 Å². The molecule has 0 aliphatic carbocycles. The van der Waals surface area contributed by atoms with Gasteiger partial charge in [0.2, 0.25) is 5.91 Å². The molecule has 2 aromatic rings. The van der Waals surface area contributed by atoms with Crippen LogP contribution in [0.5, 0.6) is 0 Å². The summed E-state index contributed by atoms with van der Waals surface area (Å²) in [5, 5.41) is 6.16. The normalized spacial score (nSPS) is 17.8. The van der Waals surface area contributed by atoms with E-state index in [1.165, 1.54) is 17.3 Å². The van der Waals surface area contributed by atoms with Crippen LogP contribution in [-0.2, 0) is 25.4 Å². The lowest BCUT2D eigenvalue weighted by atomic mass is 9.96. The van der Waals surface area contributed by atoms with Crippen molar-refractivity contribution in [1.82, 2.24) is 29.3 Å². The van der Waals surface area contributed by atoms with Crippen LogP contribution in [0, 0.1) is 5.92 Å². The number of carbonyl (C=O) groups is 1. The Balaban J connectivity index is 1.69. The third-order valence-electron chi connectivity index (χ3n) is 4.78. The predicted octanol–water partition coefficient (Wildman–Crippen LogP) is -1.06. The van der Waals surface area contributed by atoms with E-state index in [0.717, 1.165) is 30.5 Å². The molecule has 9 nitrogen and oxygen atoms in total. The number of aromatic nitrogens is 4. The zero-order chi connectivity index (χ0) is 18.0. The summed E-state index contributed by atoms with van der Waals surface area (Å²) < 4.78 is 3.81. The van der Waals surface area contributed by atoms with Crippen LogP contribution in [0.15, 0.2) is 15.9 Å². The van der Waals surface area contributed by atoms with Gasteiger partial charge < -0.3 is 15.2 Å². The highest BCUT2D eigenvalue weighted by Gasteiger charge is 2.17. The zero-order valence-electron chi connectivity index (χ0n) is 14.6. The average molecular weight is 348 g/mol. The van der Waals surface area contributed by atoms with E-state index in [0.29, 0.717) is 23.6 Å². The average Bonchev–Trinajstić information content (AvgIpc) is 3.00. The van der Waals surface area contributed by atoms with Gasteiger partial charge in [-0.15, -0.1) is 0 Å². The van der Waals surface area contributed by atoms with Gasteiger partial charge in [0.25, 0.3) is 5.56 Å². The molecule has 2 aromatic heterocycles. The second-order valence-electron chi connectivity index (χ2n) is 6.61. The number of imidazole rings is 1. The van der Waals surface area contributed by atoms with Crippen molar-refractivity contribution in [2.24, 2.45) is 20.0 Å². The van der Waals surface area contributed by atoms with Gasteiger partial charge in [-0.05, 0) is 38.3 Å². The highest BCUT2D eigenvalue weighted by atomic mass is 16.2. The molecule has 0 spiro atoms. The molecule has 1 saturated heterocycles. The van der Waals surface area contributed by atoms with Crippen molar-refractivity contribution in [1.29, 1.82) is 0 Å². The van der Waals surface area contributed by atoms with Crippen molar-refractivity contribution in [2.75, 3.05) is 19.6 Å².